The molecule has 1 aromatic heterocycles. The molecule has 170 valence electrons. The van der Waals surface area contributed by atoms with Crippen LogP contribution in [0.25, 0.3) is 0 Å². The monoisotopic (exact) mass is 456 g/mol. The third kappa shape index (κ3) is 4.99. The molecule has 3 heterocycles. The molecule has 2 amide bonds. The van der Waals surface area contributed by atoms with E-state index in [2.05, 4.69) is 10.3 Å². The van der Waals surface area contributed by atoms with Gasteiger partial charge in [0.05, 0.1) is 10.8 Å². The van der Waals surface area contributed by atoms with Gasteiger partial charge in [0.1, 0.15) is 0 Å². The van der Waals surface area contributed by atoms with Crippen molar-refractivity contribution in [1.29, 1.82) is 0 Å². The molecule has 2 aliphatic heterocycles. The van der Waals surface area contributed by atoms with Gasteiger partial charge in [-0.1, -0.05) is 12.8 Å². The third-order valence-corrected chi connectivity index (χ3v) is 7.98. The van der Waals surface area contributed by atoms with Crippen LogP contribution < -0.4 is 10.2 Å². The molecule has 0 spiro atoms. The van der Waals surface area contributed by atoms with Crippen molar-refractivity contribution >= 4 is 27.5 Å². The van der Waals surface area contributed by atoms with Gasteiger partial charge in [-0.2, -0.15) is 4.31 Å². The Labute approximate surface area is 188 Å². The summed E-state index contributed by atoms with van der Waals surface area (Å²) < 4.78 is 27.5. The molecule has 4 rings (SSSR count). The van der Waals surface area contributed by atoms with E-state index in [0.717, 1.165) is 31.2 Å². The van der Waals surface area contributed by atoms with Gasteiger partial charge in [0.25, 0.3) is 0 Å². The van der Waals surface area contributed by atoms with Crippen LogP contribution in [0.4, 0.5) is 5.69 Å². The highest BCUT2D eigenvalue weighted by molar-refractivity contribution is 7.89. The molecule has 1 atom stereocenters. The maximum Gasteiger partial charge on any atom is 0.243 e. The van der Waals surface area contributed by atoms with Crippen molar-refractivity contribution in [1.82, 2.24) is 14.6 Å². The second-order valence-corrected chi connectivity index (χ2v) is 10.2. The van der Waals surface area contributed by atoms with Gasteiger partial charge in [-0.15, -0.1) is 0 Å². The maximum absolute atomic E-state index is 13.0. The Morgan fingerprint density at radius 1 is 1.00 bits per heavy atom. The first-order valence-corrected chi connectivity index (χ1v) is 12.5. The smallest absolute Gasteiger partial charge is 0.243 e. The summed E-state index contributed by atoms with van der Waals surface area (Å²) in [6.45, 7) is 1.75. The SMILES string of the molecule is O=C(NCc1ccncc1)[C@H]1CC(=O)N(c2ccc(S(=O)(=O)N3CCCCCC3)cc2)C1. The van der Waals surface area contributed by atoms with Crippen LogP contribution in [0.15, 0.2) is 53.7 Å². The van der Waals surface area contributed by atoms with Gasteiger partial charge >= 0.3 is 0 Å². The lowest BCUT2D eigenvalue weighted by atomic mass is 10.1. The zero-order valence-electron chi connectivity index (χ0n) is 17.9. The van der Waals surface area contributed by atoms with Crippen molar-refractivity contribution in [3.8, 4) is 0 Å². The molecule has 2 aliphatic rings. The van der Waals surface area contributed by atoms with Gasteiger partial charge in [0.2, 0.25) is 21.8 Å². The molecule has 2 saturated heterocycles. The summed E-state index contributed by atoms with van der Waals surface area (Å²) in [6.07, 6.45) is 7.33. The molecular weight excluding hydrogens is 428 g/mol. The van der Waals surface area contributed by atoms with E-state index in [4.69, 9.17) is 0 Å². The number of anilines is 1. The number of hydrogen-bond acceptors (Lipinski definition) is 5. The molecule has 0 saturated carbocycles. The highest BCUT2D eigenvalue weighted by atomic mass is 32.2. The number of sulfonamides is 1. The standard InChI is InChI=1S/C23H28N4O4S/c28-22-15-19(23(29)25-16-18-9-11-24-12-10-18)17-27(22)20-5-7-21(8-6-20)32(30,31)26-13-3-1-2-4-14-26/h5-12,19H,1-4,13-17H2,(H,25,29)/t19-/m0/s1. The van der Waals surface area contributed by atoms with E-state index in [1.54, 1.807) is 45.9 Å². The predicted octanol–water partition coefficient (Wildman–Crippen LogP) is 2.32. The van der Waals surface area contributed by atoms with E-state index in [-0.39, 0.29) is 29.7 Å². The average molecular weight is 457 g/mol. The highest BCUT2D eigenvalue weighted by Gasteiger charge is 2.35. The maximum atomic E-state index is 13.0. The molecule has 0 radical (unpaired) electrons. The molecule has 8 nitrogen and oxygen atoms in total. The molecule has 9 heteroatoms. The van der Waals surface area contributed by atoms with Gasteiger partial charge in [-0.3, -0.25) is 14.6 Å². The summed E-state index contributed by atoms with van der Waals surface area (Å²) in [6, 6.07) is 10.1. The first kappa shape index (κ1) is 22.4. The molecule has 2 fully saturated rings. The van der Waals surface area contributed by atoms with Crippen molar-refractivity contribution in [2.24, 2.45) is 5.92 Å². The zero-order chi connectivity index (χ0) is 22.6. The van der Waals surface area contributed by atoms with Crippen molar-refractivity contribution in [3.63, 3.8) is 0 Å². The fraction of sp³-hybridized carbons (Fsp3) is 0.435. The van der Waals surface area contributed by atoms with Gasteiger partial charge in [-0.05, 0) is 54.8 Å². The number of carbonyl (C=O) groups excluding carboxylic acids is 2. The van der Waals surface area contributed by atoms with E-state index < -0.39 is 15.9 Å². The molecule has 0 bridgehead atoms. The number of carbonyl (C=O) groups is 2. The molecule has 1 N–H and O–H groups in total. The summed E-state index contributed by atoms with van der Waals surface area (Å²) >= 11 is 0. The molecule has 32 heavy (non-hydrogen) atoms. The number of nitrogens with zero attached hydrogens (tertiary/aromatic N) is 3. The van der Waals surface area contributed by atoms with Crippen LogP contribution in [-0.2, 0) is 26.2 Å². The van der Waals surface area contributed by atoms with Crippen molar-refractivity contribution < 1.29 is 18.0 Å². The van der Waals surface area contributed by atoms with Crippen LogP contribution in [0, 0.1) is 5.92 Å². The average Bonchev–Trinajstić information content (AvgIpc) is 3.00. The fourth-order valence-electron chi connectivity index (χ4n) is 4.20. The fourth-order valence-corrected chi connectivity index (χ4v) is 5.71. The summed E-state index contributed by atoms with van der Waals surface area (Å²) in [5.41, 5.74) is 1.55. The Morgan fingerprint density at radius 3 is 2.31 bits per heavy atom. The van der Waals surface area contributed by atoms with Crippen LogP contribution in [0.5, 0.6) is 0 Å². The summed E-state index contributed by atoms with van der Waals surface area (Å²) in [5.74, 6) is -0.750. The van der Waals surface area contributed by atoms with Crippen molar-refractivity contribution in [3.05, 3.63) is 54.4 Å². The highest BCUT2D eigenvalue weighted by Crippen LogP contribution is 2.28. The van der Waals surface area contributed by atoms with E-state index in [0.29, 0.717) is 25.3 Å². The van der Waals surface area contributed by atoms with Crippen molar-refractivity contribution in [2.45, 2.75) is 43.5 Å². The number of nitrogens with one attached hydrogen (secondary N) is 1. The van der Waals surface area contributed by atoms with Crippen LogP contribution >= 0.6 is 0 Å². The Kier molecular flexibility index (Phi) is 6.86. The number of pyridine rings is 1. The lowest BCUT2D eigenvalue weighted by Crippen LogP contribution is -2.33. The molecular formula is C23H28N4O4S. The van der Waals surface area contributed by atoms with Crippen LogP contribution in [-0.4, -0.2) is 49.2 Å². The van der Waals surface area contributed by atoms with Gasteiger partial charge in [-0.25, -0.2) is 8.42 Å². The summed E-state index contributed by atoms with van der Waals surface area (Å²) in [5, 5.41) is 2.87. The van der Waals surface area contributed by atoms with Gasteiger partial charge < -0.3 is 10.2 Å². The Hall–Kier alpha value is -2.78. The zero-order valence-corrected chi connectivity index (χ0v) is 18.8. The third-order valence-electron chi connectivity index (χ3n) is 6.06. The molecule has 1 aromatic carbocycles. The number of benzene rings is 1. The largest absolute Gasteiger partial charge is 0.352 e. The second-order valence-electron chi connectivity index (χ2n) is 8.29. The van der Waals surface area contributed by atoms with Gasteiger partial charge in [0, 0.05) is 50.7 Å². The summed E-state index contributed by atoms with van der Waals surface area (Å²) in [7, 11) is -3.54. The van der Waals surface area contributed by atoms with Crippen LogP contribution in [0.2, 0.25) is 0 Å². The van der Waals surface area contributed by atoms with Crippen molar-refractivity contribution in [2.75, 3.05) is 24.5 Å². The number of rotatable bonds is 6. The predicted molar refractivity (Wildman–Crippen MR) is 120 cm³/mol. The molecule has 0 unspecified atom stereocenters. The van der Waals surface area contributed by atoms with Crippen LogP contribution in [0.1, 0.15) is 37.7 Å². The molecule has 0 aliphatic carbocycles. The number of hydrogen-bond donors (Lipinski definition) is 1. The Morgan fingerprint density at radius 2 is 1.66 bits per heavy atom. The normalized spacial score (nSPS) is 20.2. The number of aromatic nitrogens is 1. The lowest BCUT2D eigenvalue weighted by Gasteiger charge is -2.21. The van der Waals surface area contributed by atoms with E-state index in [1.165, 1.54) is 0 Å². The number of amides is 2. The van der Waals surface area contributed by atoms with E-state index in [1.807, 2.05) is 12.1 Å². The lowest BCUT2D eigenvalue weighted by molar-refractivity contribution is -0.126. The quantitative estimate of drug-likeness (QED) is 0.719. The first-order valence-electron chi connectivity index (χ1n) is 11.0. The minimum atomic E-state index is -3.54. The van der Waals surface area contributed by atoms with Crippen LogP contribution in [0.3, 0.4) is 0 Å². The van der Waals surface area contributed by atoms with E-state index >= 15 is 0 Å². The summed E-state index contributed by atoms with van der Waals surface area (Å²) in [4.78, 5) is 30.8. The second kappa shape index (κ2) is 9.79. The minimum Gasteiger partial charge on any atom is -0.352 e. The minimum absolute atomic E-state index is 0.135. The molecule has 2 aromatic rings. The first-order chi connectivity index (χ1) is 15.4. The van der Waals surface area contributed by atoms with Gasteiger partial charge in [0.15, 0.2) is 0 Å². The Bertz CT molecular complexity index is 1050. The Balaban J connectivity index is 1.39. The van der Waals surface area contributed by atoms with E-state index in [9.17, 15) is 18.0 Å². The topological polar surface area (TPSA) is 99.7 Å².